The minimum absolute atomic E-state index is 0.0670. The van der Waals surface area contributed by atoms with Crippen molar-refractivity contribution in [2.24, 2.45) is 0 Å². The number of rotatable bonds is 7. The summed E-state index contributed by atoms with van der Waals surface area (Å²) in [4.78, 5) is 29.7. The number of carbonyl (C=O) groups is 1. The van der Waals surface area contributed by atoms with Crippen molar-refractivity contribution in [3.8, 4) is 11.5 Å². The molecule has 1 N–H and O–H groups in total. The zero-order valence-corrected chi connectivity index (χ0v) is 17.8. The van der Waals surface area contributed by atoms with Gasteiger partial charge in [0, 0.05) is 12.6 Å². The van der Waals surface area contributed by atoms with Crippen molar-refractivity contribution in [2.45, 2.75) is 18.6 Å². The third-order valence-corrected chi connectivity index (χ3v) is 5.49. The van der Waals surface area contributed by atoms with Gasteiger partial charge in [0.05, 0.1) is 41.6 Å². The number of hydrogen-bond donors (Lipinski definition) is 1. The van der Waals surface area contributed by atoms with Crippen LogP contribution in [-0.4, -0.2) is 35.4 Å². The molecule has 0 unspecified atom stereocenters. The topological polar surface area (TPSA) is 82.5 Å². The fourth-order valence-electron chi connectivity index (χ4n) is 2.81. The average Bonchev–Trinajstić information content (AvgIpc) is 2.72. The van der Waals surface area contributed by atoms with Crippen LogP contribution in [0.2, 0.25) is 5.02 Å². The van der Waals surface area contributed by atoms with Crippen LogP contribution in [0.5, 0.6) is 11.5 Å². The molecule has 0 bridgehead atoms. The summed E-state index contributed by atoms with van der Waals surface area (Å²) in [5, 5.41) is 4.18. The molecule has 9 heteroatoms. The monoisotopic (exact) mass is 433 g/mol. The maximum absolute atomic E-state index is 12.7. The van der Waals surface area contributed by atoms with Crippen molar-refractivity contribution >= 4 is 45.9 Å². The van der Waals surface area contributed by atoms with Crippen LogP contribution in [0.4, 0.5) is 5.69 Å². The molecular formula is C20H20ClN3O4S. The second-order valence-electron chi connectivity index (χ2n) is 5.98. The number of nitrogens with zero attached hydrogens (tertiary/aromatic N) is 2. The highest BCUT2D eigenvalue weighted by molar-refractivity contribution is 7.99. The molecule has 3 rings (SSSR count). The summed E-state index contributed by atoms with van der Waals surface area (Å²) in [6.45, 7) is 2.33. The maximum Gasteiger partial charge on any atom is 0.262 e. The number of para-hydroxylation sites is 1. The molecule has 0 spiro atoms. The number of amides is 1. The summed E-state index contributed by atoms with van der Waals surface area (Å²) < 4.78 is 12.0. The molecule has 29 heavy (non-hydrogen) atoms. The number of carbonyl (C=O) groups excluding carboxylic acids is 1. The molecule has 0 aliphatic heterocycles. The summed E-state index contributed by atoms with van der Waals surface area (Å²) in [6, 6.07) is 10.3. The molecule has 0 radical (unpaired) electrons. The molecule has 0 aliphatic rings. The molecule has 2 aromatic carbocycles. The van der Waals surface area contributed by atoms with Crippen molar-refractivity contribution in [1.82, 2.24) is 9.55 Å². The van der Waals surface area contributed by atoms with Gasteiger partial charge in [0.15, 0.2) is 5.16 Å². The van der Waals surface area contributed by atoms with E-state index in [1.807, 2.05) is 13.0 Å². The summed E-state index contributed by atoms with van der Waals surface area (Å²) in [5.74, 6) is 0.666. The van der Waals surface area contributed by atoms with Crippen molar-refractivity contribution in [3.05, 3.63) is 51.8 Å². The molecule has 0 aliphatic carbocycles. The molecule has 3 aromatic rings. The maximum atomic E-state index is 12.7. The van der Waals surface area contributed by atoms with E-state index in [9.17, 15) is 9.59 Å². The summed E-state index contributed by atoms with van der Waals surface area (Å²) in [5.41, 5.74) is 0.918. The first-order valence-electron chi connectivity index (χ1n) is 8.82. The van der Waals surface area contributed by atoms with Gasteiger partial charge in [0.1, 0.15) is 11.5 Å². The fourth-order valence-corrected chi connectivity index (χ4v) is 3.91. The normalized spacial score (nSPS) is 10.8. The molecule has 1 aromatic heterocycles. The Labute approximate surface area is 177 Å². The largest absolute Gasteiger partial charge is 0.495 e. The molecule has 152 valence electrons. The molecule has 0 atom stereocenters. The van der Waals surface area contributed by atoms with Crippen molar-refractivity contribution in [2.75, 3.05) is 25.3 Å². The highest BCUT2D eigenvalue weighted by atomic mass is 35.5. The highest BCUT2D eigenvalue weighted by Gasteiger charge is 2.15. The summed E-state index contributed by atoms with van der Waals surface area (Å²) in [7, 11) is 2.99. The number of aromatic nitrogens is 2. The zero-order chi connectivity index (χ0) is 21.0. The van der Waals surface area contributed by atoms with Gasteiger partial charge in [-0.3, -0.25) is 14.2 Å². The van der Waals surface area contributed by atoms with E-state index in [4.69, 9.17) is 21.1 Å². The van der Waals surface area contributed by atoms with Crippen LogP contribution in [0.15, 0.2) is 46.3 Å². The highest BCUT2D eigenvalue weighted by Crippen LogP contribution is 2.36. The predicted molar refractivity (Wildman–Crippen MR) is 116 cm³/mol. The number of ether oxygens (including phenoxy) is 2. The molecule has 0 saturated heterocycles. The van der Waals surface area contributed by atoms with Gasteiger partial charge in [0.25, 0.3) is 5.56 Å². The number of fused-ring (bicyclic) bond motifs is 1. The van der Waals surface area contributed by atoms with E-state index in [1.165, 1.54) is 26.0 Å². The standard InChI is InChI=1S/C20H20ClN3O4S/c1-4-24-19(26)12-7-5-6-8-14(12)23-20(24)29-11-18(25)22-15-9-13(21)16(27-2)10-17(15)28-3/h5-10H,4,11H2,1-3H3,(H,22,25). The van der Waals surface area contributed by atoms with Crippen LogP contribution in [0.3, 0.4) is 0 Å². The Morgan fingerprint density at radius 3 is 2.62 bits per heavy atom. The average molecular weight is 434 g/mol. The van der Waals surface area contributed by atoms with Gasteiger partial charge in [-0.1, -0.05) is 35.5 Å². The first-order valence-corrected chi connectivity index (χ1v) is 10.2. The van der Waals surface area contributed by atoms with E-state index in [0.717, 1.165) is 0 Å². The van der Waals surface area contributed by atoms with Crippen LogP contribution in [0, 0.1) is 0 Å². The summed E-state index contributed by atoms with van der Waals surface area (Å²) in [6.07, 6.45) is 0. The number of benzene rings is 2. The quantitative estimate of drug-likeness (QED) is 0.450. The van der Waals surface area contributed by atoms with Gasteiger partial charge >= 0.3 is 0 Å². The van der Waals surface area contributed by atoms with Crippen LogP contribution in [-0.2, 0) is 11.3 Å². The van der Waals surface area contributed by atoms with Gasteiger partial charge in [-0.25, -0.2) is 4.98 Å². The number of hydrogen-bond acceptors (Lipinski definition) is 6. The van der Waals surface area contributed by atoms with Gasteiger partial charge in [-0.15, -0.1) is 0 Å². The minimum Gasteiger partial charge on any atom is -0.495 e. The van der Waals surface area contributed by atoms with Gasteiger partial charge in [-0.2, -0.15) is 0 Å². The summed E-state index contributed by atoms with van der Waals surface area (Å²) >= 11 is 7.34. The Morgan fingerprint density at radius 2 is 1.93 bits per heavy atom. The van der Waals surface area contributed by atoms with Crippen LogP contribution >= 0.6 is 23.4 Å². The Kier molecular flexibility index (Phi) is 6.66. The molecule has 0 fully saturated rings. The van der Waals surface area contributed by atoms with Crippen LogP contribution in [0.1, 0.15) is 6.92 Å². The Morgan fingerprint density at radius 1 is 1.21 bits per heavy atom. The lowest BCUT2D eigenvalue weighted by Gasteiger charge is -2.14. The van der Waals surface area contributed by atoms with Crippen molar-refractivity contribution in [1.29, 1.82) is 0 Å². The van der Waals surface area contributed by atoms with Crippen LogP contribution in [0.25, 0.3) is 10.9 Å². The lowest BCUT2D eigenvalue weighted by molar-refractivity contribution is -0.113. The molecule has 1 amide bonds. The lowest BCUT2D eigenvalue weighted by atomic mass is 10.2. The Hall–Kier alpha value is -2.71. The third kappa shape index (κ3) is 4.49. The predicted octanol–water partition coefficient (Wildman–Crippen LogP) is 3.82. The zero-order valence-electron chi connectivity index (χ0n) is 16.2. The third-order valence-electron chi connectivity index (χ3n) is 4.22. The number of halogens is 1. The second-order valence-corrected chi connectivity index (χ2v) is 7.33. The van der Waals surface area contributed by atoms with Crippen molar-refractivity contribution < 1.29 is 14.3 Å². The van der Waals surface area contributed by atoms with Crippen molar-refractivity contribution in [3.63, 3.8) is 0 Å². The SMILES string of the molecule is CCn1c(SCC(=O)Nc2cc(Cl)c(OC)cc2OC)nc2ccccc2c1=O. The first kappa shape index (κ1) is 21.0. The lowest BCUT2D eigenvalue weighted by Crippen LogP contribution is -2.23. The molecule has 0 saturated carbocycles. The molecular weight excluding hydrogens is 414 g/mol. The fraction of sp³-hybridized carbons (Fsp3) is 0.250. The number of thioether (sulfide) groups is 1. The minimum atomic E-state index is -0.278. The second kappa shape index (κ2) is 9.19. The van der Waals surface area contributed by atoms with Gasteiger partial charge in [-0.05, 0) is 25.1 Å². The smallest absolute Gasteiger partial charge is 0.262 e. The number of methoxy groups -OCH3 is 2. The van der Waals surface area contributed by atoms with E-state index < -0.39 is 0 Å². The number of anilines is 1. The van der Waals surface area contributed by atoms with Crippen LogP contribution < -0.4 is 20.3 Å². The van der Waals surface area contributed by atoms with E-state index in [0.29, 0.717) is 44.8 Å². The molecule has 1 heterocycles. The first-order chi connectivity index (χ1) is 14.0. The Balaban J connectivity index is 1.80. The number of nitrogens with one attached hydrogen (secondary N) is 1. The Bertz CT molecular complexity index is 1120. The molecule has 7 nitrogen and oxygen atoms in total. The van der Waals surface area contributed by atoms with E-state index in [1.54, 1.807) is 34.9 Å². The van der Waals surface area contributed by atoms with E-state index >= 15 is 0 Å². The van der Waals surface area contributed by atoms with E-state index in [2.05, 4.69) is 10.3 Å². The van der Waals surface area contributed by atoms with Gasteiger partial charge in [0.2, 0.25) is 5.91 Å². The van der Waals surface area contributed by atoms with Gasteiger partial charge < -0.3 is 14.8 Å². The van der Waals surface area contributed by atoms with E-state index in [-0.39, 0.29) is 17.2 Å².